The molecule has 5 heteroatoms. The highest BCUT2D eigenvalue weighted by molar-refractivity contribution is 5.78. The zero-order valence-corrected chi connectivity index (χ0v) is 10.5. The number of hydrogen-bond donors (Lipinski definition) is 1. The van der Waals surface area contributed by atoms with Gasteiger partial charge in [-0.2, -0.15) is 0 Å². The van der Waals surface area contributed by atoms with Crippen LogP contribution in [0.1, 0.15) is 12.8 Å². The summed E-state index contributed by atoms with van der Waals surface area (Å²) in [5.41, 5.74) is 0. The highest BCUT2D eigenvalue weighted by Gasteiger charge is 2.31. The van der Waals surface area contributed by atoms with Crippen molar-refractivity contribution in [3.63, 3.8) is 0 Å². The summed E-state index contributed by atoms with van der Waals surface area (Å²) in [6.07, 6.45) is 1.87. The molecule has 1 N–H and O–H groups in total. The molecule has 0 radical (unpaired) electrons. The predicted octanol–water partition coefficient (Wildman–Crippen LogP) is -0.452. The van der Waals surface area contributed by atoms with Crippen molar-refractivity contribution in [2.24, 2.45) is 5.92 Å². The van der Waals surface area contributed by atoms with E-state index in [0.717, 1.165) is 25.9 Å². The van der Waals surface area contributed by atoms with Crippen LogP contribution in [-0.2, 0) is 9.53 Å². The number of morpholine rings is 1. The zero-order valence-electron chi connectivity index (χ0n) is 10.5. The second kappa shape index (κ2) is 5.80. The van der Waals surface area contributed by atoms with Gasteiger partial charge in [0.15, 0.2) is 0 Å². The van der Waals surface area contributed by atoms with Crippen molar-refractivity contribution in [3.05, 3.63) is 0 Å². The first kappa shape index (κ1) is 12.8. The lowest BCUT2D eigenvalue weighted by Gasteiger charge is -2.28. The van der Waals surface area contributed by atoms with Gasteiger partial charge in [-0.15, -0.1) is 0 Å². The van der Waals surface area contributed by atoms with Crippen LogP contribution in [0.25, 0.3) is 0 Å². The van der Waals surface area contributed by atoms with Crippen LogP contribution in [0, 0.1) is 5.92 Å². The van der Waals surface area contributed by atoms with Crippen molar-refractivity contribution >= 4 is 5.91 Å². The van der Waals surface area contributed by atoms with E-state index in [1.807, 2.05) is 0 Å². The van der Waals surface area contributed by atoms with Gasteiger partial charge in [0.2, 0.25) is 5.91 Å². The number of aliphatic hydroxyl groups is 1. The van der Waals surface area contributed by atoms with Crippen LogP contribution in [0.3, 0.4) is 0 Å². The molecule has 1 heterocycles. The Morgan fingerprint density at radius 2 is 2.12 bits per heavy atom. The number of amides is 1. The quantitative estimate of drug-likeness (QED) is 0.709. The minimum Gasteiger partial charge on any atom is -0.391 e. The van der Waals surface area contributed by atoms with Gasteiger partial charge in [-0.05, 0) is 18.8 Å². The second-order valence-electron chi connectivity index (χ2n) is 5.07. The lowest BCUT2D eigenvalue weighted by molar-refractivity contribution is -0.133. The van der Waals surface area contributed by atoms with E-state index in [1.165, 1.54) is 0 Å². The van der Waals surface area contributed by atoms with Crippen LogP contribution in [0.5, 0.6) is 0 Å². The van der Waals surface area contributed by atoms with Crippen molar-refractivity contribution in [2.45, 2.75) is 18.9 Å². The highest BCUT2D eigenvalue weighted by Crippen LogP contribution is 2.32. The van der Waals surface area contributed by atoms with Gasteiger partial charge in [0.25, 0.3) is 0 Å². The standard InChI is InChI=1S/C12H22N2O3/c1-13(8-11(15)10-2-3-10)12(16)9-14-4-6-17-7-5-14/h10-11,15H,2-9H2,1H3. The number of rotatable bonds is 5. The van der Waals surface area contributed by atoms with Crippen molar-refractivity contribution in [2.75, 3.05) is 46.4 Å². The number of likely N-dealkylation sites (N-methyl/N-ethyl adjacent to an activating group) is 1. The molecule has 2 fully saturated rings. The van der Waals surface area contributed by atoms with Gasteiger partial charge in [0, 0.05) is 26.7 Å². The Labute approximate surface area is 102 Å². The molecule has 0 aromatic carbocycles. The lowest BCUT2D eigenvalue weighted by Crippen LogP contribution is -2.45. The normalized spacial score (nSPS) is 23.4. The number of hydrogen-bond acceptors (Lipinski definition) is 4. The summed E-state index contributed by atoms with van der Waals surface area (Å²) < 4.78 is 5.24. The van der Waals surface area contributed by atoms with Crippen LogP contribution in [-0.4, -0.2) is 73.4 Å². The molecule has 0 aromatic heterocycles. The molecule has 17 heavy (non-hydrogen) atoms. The van der Waals surface area contributed by atoms with Gasteiger partial charge in [-0.3, -0.25) is 9.69 Å². The molecule has 98 valence electrons. The molecule has 5 nitrogen and oxygen atoms in total. The van der Waals surface area contributed by atoms with Crippen molar-refractivity contribution < 1.29 is 14.6 Å². The maximum absolute atomic E-state index is 11.9. The van der Waals surface area contributed by atoms with Gasteiger partial charge in [0.05, 0.1) is 25.9 Å². The molecule has 2 rings (SSSR count). The molecule has 1 unspecified atom stereocenters. The van der Waals surface area contributed by atoms with Crippen molar-refractivity contribution in [1.29, 1.82) is 0 Å². The van der Waals surface area contributed by atoms with Crippen LogP contribution < -0.4 is 0 Å². The average molecular weight is 242 g/mol. The third-order valence-corrected chi connectivity index (χ3v) is 3.52. The first-order valence-electron chi connectivity index (χ1n) is 6.39. The Morgan fingerprint density at radius 3 is 2.71 bits per heavy atom. The number of carbonyl (C=O) groups excluding carboxylic acids is 1. The minimum absolute atomic E-state index is 0.0894. The second-order valence-corrected chi connectivity index (χ2v) is 5.07. The van der Waals surface area contributed by atoms with E-state index in [0.29, 0.717) is 32.2 Å². The van der Waals surface area contributed by atoms with Crippen LogP contribution in [0.15, 0.2) is 0 Å². The number of aliphatic hydroxyl groups excluding tert-OH is 1. The smallest absolute Gasteiger partial charge is 0.236 e. The van der Waals surface area contributed by atoms with Crippen molar-refractivity contribution in [1.82, 2.24) is 9.80 Å². The Kier molecular flexibility index (Phi) is 4.36. The van der Waals surface area contributed by atoms with E-state index >= 15 is 0 Å². The summed E-state index contributed by atoms with van der Waals surface area (Å²) >= 11 is 0. The maximum Gasteiger partial charge on any atom is 0.236 e. The molecular weight excluding hydrogens is 220 g/mol. The van der Waals surface area contributed by atoms with E-state index in [4.69, 9.17) is 4.74 Å². The predicted molar refractivity (Wildman–Crippen MR) is 63.6 cm³/mol. The third kappa shape index (κ3) is 3.94. The van der Waals surface area contributed by atoms with E-state index in [2.05, 4.69) is 4.90 Å². The molecule has 1 aliphatic heterocycles. The highest BCUT2D eigenvalue weighted by atomic mass is 16.5. The summed E-state index contributed by atoms with van der Waals surface area (Å²) in [6.45, 7) is 3.98. The molecule has 0 aromatic rings. The van der Waals surface area contributed by atoms with Crippen molar-refractivity contribution in [3.8, 4) is 0 Å². The summed E-state index contributed by atoms with van der Waals surface area (Å²) in [5, 5.41) is 9.79. The van der Waals surface area contributed by atoms with Gasteiger partial charge in [0.1, 0.15) is 0 Å². The summed E-state index contributed by atoms with van der Waals surface area (Å²) in [6, 6.07) is 0. The fourth-order valence-corrected chi connectivity index (χ4v) is 2.08. The number of carbonyl (C=O) groups is 1. The molecule has 1 saturated heterocycles. The molecule has 1 saturated carbocycles. The lowest BCUT2D eigenvalue weighted by atomic mass is 10.2. The molecule has 0 spiro atoms. The summed E-state index contributed by atoms with van der Waals surface area (Å²) in [5.74, 6) is 0.514. The first-order valence-corrected chi connectivity index (χ1v) is 6.39. The van der Waals surface area contributed by atoms with Gasteiger partial charge in [-0.1, -0.05) is 0 Å². The van der Waals surface area contributed by atoms with Gasteiger partial charge < -0.3 is 14.7 Å². The Hall–Kier alpha value is -0.650. The number of nitrogens with zero attached hydrogens (tertiary/aromatic N) is 2. The first-order chi connectivity index (χ1) is 8.16. The summed E-state index contributed by atoms with van der Waals surface area (Å²) in [4.78, 5) is 15.7. The van der Waals surface area contributed by atoms with Crippen LogP contribution in [0.4, 0.5) is 0 Å². The third-order valence-electron chi connectivity index (χ3n) is 3.52. The molecule has 1 amide bonds. The van der Waals surface area contributed by atoms with Gasteiger partial charge in [-0.25, -0.2) is 0 Å². The Bertz CT molecular complexity index is 262. The van der Waals surface area contributed by atoms with Gasteiger partial charge >= 0.3 is 0 Å². The fraction of sp³-hybridized carbons (Fsp3) is 0.917. The van der Waals surface area contributed by atoms with E-state index in [9.17, 15) is 9.90 Å². The van der Waals surface area contributed by atoms with E-state index in [1.54, 1.807) is 11.9 Å². The Balaban J connectivity index is 1.69. The van der Waals surface area contributed by atoms with E-state index < -0.39 is 0 Å². The van der Waals surface area contributed by atoms with Crippen LogP contribution >= 0.6 is 0 Å². The fourth-order valence-electron chi connectivity index (χ4n) is 2.08. The van der Waals surface area contributed by atoms with Crippen LogP contribution in [0.2, 0.25) is 0 Å². The average Bonchev–Trinajstić information content (AvgIpc) is 3.14. The maximum atomic E-state index is 11.9. The SMILES string of the molecule is CN(CC(O)C1CC1)C(=O)CN1CCOCC1. The topological polar surface area (TPSA) is 53.0 Å². The molecule has 1 atom stereocenters. The Morgan fingerprint density at radius 1 is 1.47 bits per heavy atom. The minimum atomic E-state index is -0.339. The molecule has 1 aliphatic carbocycles. The van der Waals surface area contributed by atoms with E-state index in [-0.39, 0.29) is 12.0 Å². The summed E-state index contributed by atoms with van der Waals surface area (Å²) in [7, 11) is 1.77. The monoisotopic (exact) mass is 242 g/mol. The largest absolute Gasteiger partial charge is 0.391 e. The number of ether oxygens (including phenoxy) is 1. The molecule has 0 bridgehead atoms. The zero-order chi connectivity index (χ0) is 12.3. The molecular formula is C12H22N2O3. The molecule has 2 aliphatic rings.